The van der Waals surface area contributed by atoms with Crippen molar-refractivity contribution in [1.82, 2.24) is 4.90 Å². The minimum absolute atomic E-state index is 0.139. The number of likely N-dealkylation sites (tertiary alicyclic amines) is 1. The molecule has 4 atom stereocenters. The Labute approximate surface area is 161 Å². The summed E-state index contributed by atoms with van der Waals surface area (Å²) in [6, 6.07) is 9.16. The first kappa shape index (κ1) is 18.4. The van der Waals surface area contributed by atoms with E-state index >= 15 is 0 Å². The van der Waals surface area contributed by atoms with Crippen LogP contribution in [0.25, 0.3) is 0 Å². The molecular formula is C20H19NO7. The van der Waals surface area contributed by atoms with E-state index in [1.165, 1.54) is 18.7 Å². The number of benzene rings is 1. The van der Waals surface area contributed by atoms with Gasteiger partial charge in [-0.3, -0.25) is 24.1 Å². The topological polar surface area (TPSA) is 99.2 Å². The van der Waals surface area contributed by atoms with Gasteiger partial charge in [-0.15, -0.1) is 0 Å². The maximum Gasteiger partial charge on any atom is 0.305 e. The minimum Gasteiger partial charge on any atom is -0.422 e. The SMILES string of the molecule is CC(=O)OC(OC(C)=O)[C@@]12C=C[C@H](O1)[C@H]1C(=O)N(Cc3ccccc3)C(=O)[C@@H]12. The smallest absolute Gasteiger partial charge is 0.305 e. The van der Waals surface area contributed by atoms with Gasteiger partial charge in [0.05, 0.1) is 24.5 Å². The molecule has 0 unspecified atom stereocenters. The molecular weight excluding hydrogens is 366 g/mol. The Hall–Kier alpha value is -3.00. The Bertz CT molecular complexity index is 864. The van der Waals surface area contributed by atoms with Crippen LogP contribution in [-0.2, 0) is 39.9 Å². The molecule has 4 rings (SSSR count). The molecule has 2 fully saturated rings. The second-order valence-corrected chi connectivity index (χ2v) is 7.10. The van der Waals surface area contributed by atoms with E-state index in [4.69, 9.17) is 14.2 Å². The van der Waals surface area contributed by atoms with E-state index in [0.717, 1.165) is 5.56 Å². The third-order valence-electron chi connectivity index (χ3n) is 5.27. The van der Waals surface area contributed by atoms with Crippen molar-refractivity contribution in [2.75, 3.05) is 0 Å². The van der Waals surface area contributed by atoms with Crippen LogP contribution in [0.5, 0.6) is 0 Å². The Balaban J connectivity index is 1.67. The van der Waals surface area contributed by atoms with Crippen LogP contribution >= 0.6 is 0 Å². The zero-order valence-corrected chi connectivity index (χ0v) is 15.4. The molecule has 1 aromatic carbocycles. The Morgan fingerprint density at radius 2 is 1.75 bits per heavy atom. The number of ether oxygens (including phenoxy) is 3. The molecule has 28 heavy (non-hydrogen) atoms. The van der Waals surface area contributed by atoms with E-state index in [0.29, 0.717) is 0 Å². The molecule has 0 radical (unpaired) electrons. The molecule has 3 aliphatic heterocycles. The summed E-state index contributed by atoms with van der Waals surface area (Å²) in [5.41, 5.74) is -0.693. The van der Waals surface area contributed by atoms with Crippen LogP contribution in [0.1, 0.15) is 19.4 Å². The summed E-state index contributed by atoms with van der Waals surface area (Å²) in [5, 5.41) is 0. The van der Waals surface area contributed by atoms with E-state index in [9.17, 15) is 19.2 Å². The van der Waals surface area contributed by atoms with Gasteiger partial charge < -0.3 is 14.2 Å². The number of rotatable bonds is 5. The molecule has 2 saturated heterocycles. The van der Waals surface area contributed by atoms with Crippen molar-refractivity contribution in [2.45, 2.75) is 38.4 Å². The van der Waals surface area contributed by atoms with Crippen LogP contribution in [0, 0.1) is 11.8 Å². The number of esters is 2. The van der Waals surface area contributed by atoms with Crippen molar-refractivity contribution in [3.8, 4) is 0 Å². The summed E-state index contributed by atoms with van der Waals surface area (Å²) < 4.78 is 16.2. The van der Waals surface area contributed by atoms with Crippen LogP contribution in [-0.4, -0.2) is 46.6 Å². The molecule has 3 aliphatic rings. The lowest BCUT2D eigenvalue weighted by Gasteiger charge is -2.34. The van der Waals surface area contributed by atoms with E-state index < -0.39 is 47.7 Å². The highest BCUT2D eigenvalue weighted by Crippen LogP contribution is 2.54. The molecule has 2 bridgehead atoms. The standard InChI is InChI=1S/C20H19NO7/c1-11(22)26-19(27-12(2)23)20-9-8-14(28-20)15-16(20)18(25)21(17(15)24)10-13-6-4-3-5-7-13/h3-9,14-16,19H,10H2,1-2H3/t14-,15+,16+,20-/m0/s1. The van der Waals surface area contributed by atoms with Crippen molar-refractivity contribution < 1.29 is 33.4 Å². The highest BCUT2D eigenvalue weighted by atomic mass is 16.7. The van der Waals surface area contributed by atoms with Crippen LogP contribution in [0.3, 0.4) is 0 Å². The number of fused-ring (bicyclic) bond motifs is 5. The van der Waals surface area contributed by atoms with E-state index in [-0.39, 0.29) is 12.5 Å². The van der Waals surface area contributed by atoms with Crippen molar-refractivity contribution in [1.29, 1.82) is 0 Å². The van der Waals surface area contributed by atoms with Gasteiger partial charge >= 0.3 is 11.9 Å². The van der Waals surface area contributed by atoms with Crippen molar-refractivity contribution in [3.05, 3.63) is 48.0 Å². The number of nitrogens with zero attached hydrogens (tertiary/aromatic N) is 1. The quantitative estimate of drug-likeness (QED) is 0.322. The summed E-state index contributed by atoms with van der Waals surface area (Å²) in [6.07, 6.45) is 1.12. The average molecular weight is 385 g/mol. The molecule has 1 aromatic rings. The van der Waals surface area contributed by atoms with Gasteiger partial charge in [0.15, 0.2) is 5.60 Å². The summed E-state index contributed by atoms with van der Waals surface area (Å²) in [6.45, 7) is 2.47. The van der Waals surface area contributed by atoms with Crippen LogP contribution in [0.4, 0.5) is 0 Å². The van der Waals surface area contributed by atoms with E-state index in [2.05, 4.69) is 0 Å². The molecule has 146 valence electrons. The molecule has 0 N–H and O–H groups in total. The lowest BCUT2D eigenvalue weighted by molar-refractivity contribution is -0.227. The van der Waals surface area contributed by atoms with Gasteiger partial charge in [-0.05, 0) is 11.6 Å². The van der Waals surface area contributed by atoms with Crippen LogP contribution < -0.4 is 0 Å². The fourth-order valence-corrected chi connectivity index (χ4v) is 4.20. The highest BCUT2D eigenvalue weighted by molar-refractivity contribution is 6.07. The normalized spacial score (nSPS) is 30.1. The number of imide groups is 1. The third kappa shape index (κ3) is 2.72. The number of hydrogen-bond acceptors (Lipinski definition) is 7. The van der Waals surface area contributed by atoms with Gasteiger partial charge in [-0.2, -0.15) is 0 Å². The van der Waals surface area contributed by atoms with E-state index in [1.807, 2.05) is 30.3 Å². The number of hydrogen-bond donors (Lipinski definition) is 0. The fraction of sp³-hybridized carbons (Fsp3) is 0.400. The third-order valence-corrected chi connectivity index (χ3v) is 5.27. The second-order valence-electron chi connectivity index (χ2n) is 7.10. The molecule has 0 aliphatic carbocycles. The average Bonchev–Trinajstić information content (AvgIpc) is 3.29. The van der Waals surface area contributed by atoms with Crippen molar-refractivity contribution in [3.63, 3.8) is 0 Å². The molecule has 0 saturated carbocycles. The molecule has 0 aromatic heterocycles. The molecule has 3 heterocycles. The molecule has 0 spiro atoms. The monoisotopic (exact) mass is 385 g/mol. The van der Waals surface area contributed by atoms with Gasteiger partial charge in [0.2, 0.25) is 11.8 Å². The van der Waals surface area contributed by atoms with Crippen molar-refractivity contribution in [2.24, 2.45) is 11.8 Å². The largest absolute Gasteiger partial charge is 0.422 e. The maximum absolute atomic E-state index is 13.2. The minimum atomic E-state index is -1.51. The lowest BCUT2D eigenvalue weighted by atomic mass is 9.76. The first-order chi connectivity index (χ1) is 13.3. The Morgan fingerprint density at radius 1 is 1.11 bits per heavy atom. The maximum atomic E-state index is 13.2. The lowest BCUT2D eigenvalue weighted by Crippen LogP contribution is -2.52. The summed E-state index contributed by atoms with van der Waals surface area (Å²) in [5.74, 6) is -3.84. The highest BCUT2D eigenvalue weighted by Gasteiger charge is 2.71. The summed E-state index contributed by atoms with van der Waals surface area (Å²) in [4.78, 5) is 50.5. The van der Waals surface area contributed by atoms with E-state index in [1.54, 1.807) is 12.2 Å². The van der Waals surface area contributed by atoms with Crippen LogP contribution in [0.15, 0.2) is 42.5 Å². The van der Waals surface area contributed by atoms with Crippen LogP contribution in [0.2, 0.25) is 0 Å². The first-order valence-electron chi connectivity index (χ1n) is 8.94. The zero-order valence-electron chi connectivity index (χ0n) is 15.4. The molecule has 8 nitrogen and oxygen atoms in total. The first-order valence-corrected chi connectivity index (χ1v) is 8.94. The van der Waals surface area contributed by atoms with Gasteiger partial charge in [0.25, 0.3) is 6.29 Å². The Morgan fingerprint density at radius 3 is 2.36 bits per heavy atom. The summed E-state index contributed by atoms with van der Waals surface area (Å²) >= 11 is 0. The zero-order chi connectivity index (χ0) is 20.1. The molecule has 2 amide bonds. The summed E-state index contributed by atoms with van der Waals surface area (Å²) in [7, 11) is 0. The van der Waals surface area contributed by atoms with Crippen molar-refractivity contribution >= 4 is 23.8 Å². The van der Waals surface area contributed by atoms with Gasteiger partial charge in [-0.25, -0.2) is 0 Å². The van der Waals surface area contributed by atoms with Gasteiger partial charge in [0, 0.05) is 13.8 Å². The Kier molecular flexibility index (Phi) is 4.30. The van der Waals surface area contributed by atoms with Gasteiger partial charge in [0.1, 0.15) is 0 Å². The second kappa shape index (κ2) is 6.56. The predicted octanol–water partition coefficient (Wildman–Crippen LogP) is 0.947. The molecule has 8 heteroatoms. The number of carbonyl (C=O) groups excluding carboxylic acids is 4. The number of carbonyl (C=O) groups is 4. The number of amides is 2. The van der Waals surface area contributed by atoms with Gasteiger partial charge in [-0.1, -0.05) is 36.4 Å². The fourth-order valence-electron chi connectivity index (χ4n) is 4.20. The predicted molar refractivity (Wildman–Crippen MR) is 93.0 cm³/mol.